The molecule has 0 aliphatic carbocycles. The molecule has 0 saturated carbocycles. The van der Waals surface area contributed by atoms with E-state index in [0.29, 0.717) is 11.3 Å². The van der Waals surface area contributed by atoms with E-state index in [4.69, 9.17) is 4.74 Å². The van der Waals surface area contributed by atoms with Crippen LogP contribution in [0.25, 0.3) is 0 Å². The van der Waals surface area contributed by atoms with Crippen molar-refractivity contribution in [3.63, 3.8) is 0 Å². The van der Waals surface area contributed by atoms with Gasteiger partial charge in [0.1, 0.15) is 17.6 Å². The fourth-order valence-electron chi connectivity index (χ4n) is 2.41. The van der Waals surface area contributed by atoms with Crippen LogP contribution < -0.4 is 15.5 Å². The van der Waals surface area contributed by atoms with E-state index in [2.05, 4.69) is 15.8 Å². The summed E-state index contributed by atoms with van der Waals surface area (Å²) in [5, 5.41) is 6.48. The van der Waals surface area contributed by atoms with Crippen molar-refractivity contribution in [2.75, 3.05) is 7.11 Å². The number of nitrogens with zero attached hydrogens (tertiary/aromatic N) is 1. The Morgan fingerprint density at radius 2 is 1.78 bits per heavy atom. The zero-order valence-corrected chi connectivity index (χ0v) is 15.4. The van der Waals surface area contributed by atoms with Crippen LogP contribution in [0.4, 0.5) is 4.39 Å². The van der Waals surface area contributed by atoms with Crippen LogP contribution in [0, 0.1) is 11.7 Å². The highest BCUT2D eigenvalue weighted by molar-refractivity contribution is 5.98. The van der Waals surface area contributed by atoms with Gasteiger partial charge in [-0.2, -0.15) is 5.10 Å². The molecule has 0 spiro atoms. The lowest BCUT2D eigenvalue weighted by Crippen LogP contribution is -2.48. The van der Waals surface area contributed by atoms with Gasteiger partial charge < -0.3 is 10.1 Å². The summed E-state index contributed by atoms with van der Waals surface area (Å²) >= 11 is 0. The molecule has 142 valence electrons. The average Bonchev–Trinajstić information content (AvgIpc) is 2.66. The summed E-state index contributed by atoms with van der Waals surface area (Å²) in [6.45, 7) is 3.55. The highest BCUT2D eigenvalue weighted by Gasteiger charge is 2.25. The number of methoxy groups -OCH3 is 1. The lowest BCUT2D eigenvalue weighted by molar-refractivity contribution is -0.123. The van der Waals surface area contributed by atoms with Crippen molar-refractivity contribution in [2.45, 2.75) is 19.9 Å². The first-order valence-electron chi connectivity index (χ1n) is 8.45. The van der Waals surface area contributed by atoms with Crippen LogP contribution >= 0.6 is 0 Å². The Labute approximate surface area is 157 Å². The van der Waals surface area contributed by atoms with Crippen molar-refractivity contribution < 1.29 is 18.7 Å². The van der Waals surface area contributed by atoms with Gasteiger partial charge in [0.2, 0.25) is 0 Å². The minimum absolute atomic E-state index is 0.117. The molecule has 0 aromatic heterocycles. The van der Waals surface area contributed by atoms with Gasteiger partial charge in [-0.05, 0) is 30.2 Å². The number of nitrogens with one attached hydrogen (secondary N) is 2. The lowest BCUT2D eigenvalue weighted by Gasteiger charge is -2.20. The third kappa shape index (κ3) is 5.37. The van der Waals surface area contributed by atoms with Gasteiger partial charge in [-0.15, -0.1) is 0 Å². The maximum Gasteiger partial charge on any atom is 0.262 e. The molecule has 2 amide bonds. The summed E-state index contributed by atoms with van der Waals surface area (Å²) < 4.78 is 19.0. The Morgan fingerprint density at radius 3 is 2.44 bits per heavy atom. The van der Waals surface area contributed by atoms with Crippen LogP contribution in [0.1, 0.15) is 29.8 Å². The minimum atomic E-state index is -0.869. The standard InChI is InChI=1S/C20H22FN3O3/c1-13(2)18(23-19(25)15-9-5-6-10-16(15)21)20(26)24-22-12-14-8-4-7-11-17(14)27-3/h4-13,18H,1-3H3,(H,23,25)(H,24,26)/b22-12+. The summed E-state index contributed by atoms with van der Waals surface area (Å²) in [6.07, 6.45) is 1.45. The SMILES string of the molecule is COc1ccccc1/C=N/NC(=O)C(NC(=O)c1ccccc1F)C(C)C. The van der Waals surface area contributed by atoms with Gasteiger partial charge in [-0.25, -0.2) is 9.82 Å². The van der Waals surface area contributed by atoms with Crippen molar-refractivity contribution in [3.8, 4) is 5.75 Å². The highest BCUT2D eigenvalue weighted by Crippen LogP contribution is 2.14. The summed E-state index contributed by atoms with van der Waals surface area (Å²) in [6, 6.07) is 11.9. The van der Waals surface area contributed by atoms with Crippen LogP contribution in [0.2, 0.25) is 0 Å². The predicted molar refractivity (Wildman–Crippen MR) is 101 cm³/mol. The number of carbonyl (C=O) groups is 2. The van der Waals surface area contributed by atoms with E-state index >= 15 is 0 Å². The van der Waals surface area contributed by atoms with Gasteiger partial charge in [0.15, 0.2) is 0 Å². The van der Waals surface area contributed by atoms with E-state index in [1.807, 2.05) is 12.1 Å². The quantitative estimate of drug-likeness (QED) is 0.580. The number of hydrazone groups is 1. The zero-order valence-electron chi connectivity index (χ0n) is 15.4. The van der Waals surface area contributed by atoms with Crippen LogP contribution in [0.3, 0.4) is 0 Å². The van der Waals surface area contributed by atoms with Crippen molar-refractivity contribution in [1.29, 1.82) is 0 Å². The van der Waals surface area contributed by atoms with Gasteiger partial charge in [0.25, 0.3) is 11.8 Å². The molecular formula is C20H22FN3O3. The second-order valence-electron chi connectivity index (χ2n) is 6.15. The third-order valence-corrected chi connectivity index (χ3v) is 3.87. The summed E-state index contributed by atoms with van der Waals surface area (Å²) in [7, 11) is 1.54. The maximum absolute atomic E-state index is 13.8. The van der Waals surface area contributed by atoms with E-state index in [0.717, 1.165) is 0 Å². The fraction of sp³-hybridized carbons (Fsp3) is 0.250. The van der Waals surface area contributed by atoms with E-state index in [1.165, 1.54) is 31.5 Å². The number of ether oxygens (including phenoxy) is 1. The van der Waals surface area contributed by atoms with Crippen LogP contribution in [0.5, 0.6) is 5.75 Å². The molecular weight excluding hydrogens is 349 g/mol. The lowest BCUT2D eigenvalue weighted by atomic mass is 10.0. The van der Waals surface area contributed by atoms with Gasteiger partial charge in [0.05, 0.1) is 18.9 Å². The molecule has 2 aromatic carbocycles. The van der Waals surface area contributed by atoms with E-state index in [9.17, 15) is 14.0 Å². The van der Waals surface area contributed by atoms with Crippen molar-refractivity contribution >= 4 is 18.0 Å². The highest BCUT2D eigenvalue weighted by atomic mass is 19.1. The first kappa shape index (κ1) is 20.1. The van der Waals surface area contributed by atoms with E-state index < -0.39 is 23.7 Å². The molecule has 27 heavy (non-hydrogen) atoms. The van der Waals surface area contributed by atoms with Crippen LogP contribution in [-0.4, -0.2) is 31.2 Å². The number of rotatable bonds is 7. The number of halogens is 1. The second kappa shape index (κ2) is 9.47. The Kier molecular flexibility index (Phi) is 7.05. The number of amides is 2. The average molecular weight is 371 g/mol. The summed E-state index contributed by atoms with van der Waals surface area (Å²) in [5.41, 5.74) is 2.98. The molecule has 2 rings (SSSR count). The van der Waals surface area contributed by atoms with Crippen LogP contribution in [0.15, 0.2) is 53.6 Å². The van der Waals surface area contributed by atoms with Gasteiger partial charge >= 0.3 is 0 Å². The molecule has 1 atom stereocenters. The molecule has 0 saturated heterocycles. The molecule has 2 aromatic rings. The first-order valence-corrected chi connectivity index (χ1v) is 8.45. The number of hydrogen-bond acceptors (Lipinski definition) is 4. The van der Waals surface area contributed by atoms with Crippen LogP contribution in [-0.2, 0) is 4.79 Å². The first-order chi connectivity index (χ1) is 12.9. The molecule has 2 N–H and O–H groups in total. The fourth-order valence-corrected chi connectivity index (χ4v) is 2.41. The van der Waals surface area contributed by atoms with Crippen molar-refractivity contribution in [1.82, 2.24) is 10.7 Å². The second-order valence-corrected chi connectivity index (χ2v) is 6.15. The maximum atomic E-state index is 13.8. The topological polar surface area (TPSA) is 79.8 Å². The molecule has 0 aliphatic rings. The molecule has 0 bridgehead atoms. The summed E-state index contributed by atoms with van der Waals surface area (Å²) in [5.74, 6) is -1.41. The normalized spacial score (nSPS) is 12.0. The van der Waals surface area contributed by atoms with Crippen molar-refractivity contribution in [2.24, 2.45) is 11.0 Å². The Balaban J connectivity index is 2.05. The number of para-hydroxylation sites is 1. The third-order valence-electron chi connectivity index (χ3n) is 3.87. The molecule has 7 heteroatoms. The molecule has 1 unspecified atom stereocenters. The monoisotopic (exact) mass is 371 g/mol. The Hall–Kier alpha value is -3.22. The molecule has 0 radical (unpaired) electrons. The van der Waals surface area contributed by atoms with Gasteiger partial charge in [-0.1, -0.05) is 38.1 Å². The smallest absolute Gasteiger partial charge is 0.262 e. The molecule has 0 aliphatic heterocycles. The predicted octanol–water partition coefficient (Wildman–Crippen LogP) is 2.74. The molecule has 0 heterocycles. The van der Waals surface area contributed by atoms with Gasteiger partial charge in [0, 0.05) is 5.56 Å². The Morgan fingerprint density at radius 1 is 1.11 bits per heavy atom. The van der Waals surface area contributed by atoms with Crippen molar-refractivity contribution in [3.05, 3.63) is 65.5 Å². The zero-order chi connectivity index (χ0) is 19.8. The van der Waals surface area contributed by atoms with Gasteiger partial charge in [-0.3, -0.25) is 9.59 Å². The largest absolute Gasteiger partial charge is 0.496 e. The number of carbonyl (C=O) groups excluding carboxylic acids is 2. The van der Waals surface area contributed by atoms with E-state index in [1.54, 1.807) is 32.0 Å². The summed E-state index contributed by atoms with van der Waals surface area (Å²) in [4.78, 5) is 24.7. The van der Waals surface area contributed by atoms with E-state index in [-0.39, 0.29) is 11.5 Å². The Bertz CT molecular complexity index is 837. The molecule has 6 nitrogen and oxygen atoms in total. The number of hydrogen-bond donors (Lipinski definition) is 2. The molecule has 0 fully saturated rings. The number of benzene rings is 2. The minimum Gasteiger partial charge on any atom is -0.496 e.